The van der Waals surface area contributed by atoms with Crippen LogP contribution >= 0.6 is 11.3 Å². The number of thiophene rings is 1. The van der Waals surface area contributed by atoms with Crippen LogP contribution in [-0.4, -0.2) is 15.0 Å². The molecular formula is C45H25N3O2S. The summed E-state index contributed by atoms with van der Waals surface area (Å²) in [6.45, 7) is 0. The molecular weight excluding hydrogens is 647 g/mol. The second-order valence-corrected chi connectivity index (χ2v) is 13.8. The first kappa shape index (κ1) is 28.2. The van der Waals surface area contributed by atoms with Gasteiger partial charge in [-0.05, 0) is 42.0 Å². The minimum Gasteiger partial charge on any atom is -0.456 e. The Balaban J connectivity index is 1.11. The van der Waals surface area contributed by atoms with Crippen LogP contribution in [0.15, 0.2) is 160 Å². The van der Waals surface area contributed by atoms with E-state index in [0.717, 1.165) is 77.1 Å². The molecule has 11 rings (SSSR count). The average Bonchev–Trinajstić information content (AvgIpc) is 3.89. The highest BCUT2D eigenvalue weighted by atomic mass is 32.1. The van der Waals surface area contributed by atoms with Crippen LogP contribution in [0, 0.1) is 0 Å². The first-order valence-corrected chi connectivity index (χ1v) is 17.7. The normalized spacial score (nSPS) is 11.9. The van der Waals surface area contributed by atoms with Crippen LogP contribution in [0.2, 0.25) is 0 Å². The van der Waals surface area contributed by atoms with Gasteiger partial charge in [0.15, 0.2) is 17.5 Å². The molecule has 7 aromatic carbocycles. The quantitative estimate of drug-likeness (QED) is 0.186. The Morgan fingerprint density at radius 3 is 1.96 bits per heavy atom. The third-order valence-corrected chi connectivity index (χ3v) is 10.9. The zero-order chi connectivity index (χ0) is 33.5. The van der Waals surface area contributed by atoms with Gasteiger partial charge in [-0.1, -0.05) is 115 Å². The number of rotatable bonds is 4. The summed E-state index contributed by atoms with van der Waals surface area (Å²) in [7, 11) is 0. The molecule has 11 aromatic rings. The molecule has 0 N–H and O–H groups in total. The van der Waals surface area contributed by atoms with Crippen molar-refractivity contribution in [2.75, 3.05) is 0 Å². The van der Waals surface area contributed by atoms with Crippen molar-refractivity contribution in [3.05, 3.63) is 152 Å². The molecule has 0 amide bonds. The van der Waals surface area contributed by atoms with Gasteiger partial charge in [0.1, 0.15) is 22.3 Å². The molecule has 6 heteroatoms. The molecule has 0 aliphatic heterocycles. The molecule has 0 radical (unpaired) electrons. The number of hydrogen-bond donors (Lipinski definition) is 0. The van der Waals surface area contributed by atoms with Crippen LogP contribution in [0.5, 0.6) is 0 Å². The predicted octanol–water partition coefficient (Wildman–Crippen LogP) is 12.7. The molecule has 5 nitrogen and oxygen atoms in total. The van der Waals surface area contributed by atoms with Crippen molar-refractivity contribution in [2.45, 2.75) is 0 Å². The predicted molar refractivity (Wildman–Crippen MR) is 209 cm³/mol. The van der Waals surface area contributed by atoms with Crippen LogP contribution in [0.25, 0.3) is 109 Å². The fourth-order valence-corrected chi connectivity index (χ4v) is 8.58. The van der Waals surface area contributed by atoms with Crippen LogP contribution in [0.3, 0.4) is 0 Å². The Bertz CT molecular complexity index is 3160. The molecule has 51 heavy (non-hydrogen) atoms. The van der Waals surface area contributed by atoms with E-state index in [1.54, 1.807) is 11.3 Å². The Hall–Kier alpha value is -6.63. The Labute approximate surface area is 295 Å². The van der Waals surface area contributed by atoms with Gasteiger partial charge in [0.2, 0.25) is 0 Å². The maximum Gasteiger partial charge on any atom is 0.164 e. The third kappa shape index (κ3) is 4.37. The zero-order valence-electron chi connectivity index (χ0n) is 27.0. The minimum absolute atomic E-state index is 0.588. The van der Waals surface area contributed by atoms with Gasteiger partial charge < -0.3 is 8.83 Å². The number of fused-ring (bicyclic) bond motifs is 9. The number of furan rings is 2. The topological polar surface area (TPSA) is 65.0 Å². The summed E-state index contributed by atoms with van der Waals surface area (Å²) in [5, 5.41) is 6.64. The number of aromatic nitrogens is 3. The Morgan fingerprint density at radius 2 is 1.04 bits per heavy atom. The summed E-state index contributed by atoms with van der Waals surface area (Å²) in [5.41, 5.74) is 8.19. The largest absolute Gasteiger partial charge is 0.456 e. The van der Waals surface area contributed by atoms with Crippen LogP contribution in [-0.2, 0) is 0 Å². The van der Waals surface area contributed by atoms with Crippen molar-refractivity contribution >= 4 is 75.4 Å². The Kier molecular flexibility index (Phi) is 6.05. The summed E-state index contributed by atoms with van der Waals surface area (Å²) in [4.78, 5) is 15.3. The monoisotopic (exact) mass is 671 g/mol. The van der Waals surface area contributed by atoms with Gasteiger partial charge in [0, 0.05) is 64.0 Å². The van der Waals surface area contributed by atoms with E-state index in [-0.39, 0.29) is 0 Å². The zero-order valence-corrected chi connectivity index (χ0v) is 27.8. The summed E-state index contributed by atoms with van der Waals surface area (Å²) in [6, 6.07) is 52.0. The second-order valence-electron chi connectivity index (χ2n) is 12.7. The van der Waals surface area contributed by atoms with Gasteiger partial charge in [-0.15, -0.1) is 11.3 Å². The van der Waals surface area contributed by atoms with E-state index in [2.05, 4.69) is 97.1 Å². The van der Waals surface area contributed by atoms with E-state index in [4.69, 9.17) is 23.8 Å². The van der Waals surface area contributed by atoms with Crippen molar-refractivity contribution in [3.63, 3.8) is 0 Å². The summed E-state index contributed by atoms with van der Waals surface area (Å²) < 4.78 is 15.5. The fraction of sp³-hybridized carbons (Fsp3) is 0. The van der Waals surface area contributed by atoms with Crippen molar-refractivity contribution in [1.82, 2.24) is 15.0 Å². The van der Waals surface area contributed by atoms with Crippen LogP contribution in [0.1, 0.15) is 0 Å². The lowest BCUT2D eigenvalue weighted by Crippen LogP contribution is -2.00. The Morgan fingerprint density at radius 1 is 0.373 bits per heavy atom. The van der Waals surface area contributed by atoms with E-state index in [1.165, 1.54) is 14.8 Å². The van der Waals surface area contributed by atoms with Crippen molar-refractivity contribution in [3.8, 4) is 45.3 Å². The highest BCUT2D eigenvalue weighted by Crippen LogP contribution is 2.43. The van der Waals surface area contributed by atoms with E-state index in [1.807, 2.05) is 54.6 Å². The first-order valence-electron chi connectivity index (χ1n) is 16.9. The van der Waals surface area contributed by atoms with E-state index in [0.29, 0.717) is 17.5 Å². The summed E-state index contributed by atoms with van der Waals surface area (Å²) >= 11 is 1.79. The van der Waals surface area contributed by atoms with Gasteiger partial charge in [-0.2, -0.15) is 0 Å². The molecule has 0 spiro atoms. The van der Waals surface area contributed by atoms with E-state index < -0.39 is 0 Å². The average molecular weight is 672 g/mol. The molecule has 4 aromatic heterocycles. The van der Waals surface area contributed by atoms with Gasteiger partial charge in [0.05, 0.1) is 0 Å². The number of benzene rings is 7. The number of nitrogens with zero attached hydrogens (tertiary/aromatic N) is 3. The number of para-hydroxylation sites is 2. The molecule has 0 aliphatic carbocycles. The smallest absolute Gasteiger partial charge is 0.164 e. The van der Waals surface area contributed by atoms with Crippen molar-refractivity contribution < 1.29 is 8.83 Å². The van der Waals surface area contributed by atoms with E-state index in [9.17, 15) is 0 Å². The van der Waals surface area contributed by atoms with Gasteiger partial charge >= 0.3 is 0 Å². The lowest BCUT2D eigenvalue weighted by atomic mass is 9.97. The van der Waals surface area contributed by atoms with Crippen molar-refractivity contribution in [2.24, 2.45) is 0 Å². The molecule has 0 saturated carbocycles. The molecule has 0 saturated heterocycles. The molecule has 4 heterocycles. The highest BCUT2D eigenvalue weighted by molar-refractivity contribution is 7.25. The highest BCUT2D eigenvalue weighted by Gasteiger charge is 2.20. The van der Waals surface area contributed by atoms with Gasteiger partial charge in [-0.25, -0.2) is 15.0 Å². The molecule has 0 atom stereocenters. The van der Waals surface area contributed by atoms with E-state index >= 15 is 0 Å². The van der Waals surface area contributed by atoms with Crippen molar-refractivity contribution in [1.29, 1.82) is 0 Å². The fourth-order valence-electron chi connectivity index (χ4n) is 7.45. The number of hydrogen-bond acceptors (Lipinski definition) is 6. The molecule has 0 bridgehead atoms. The summed E-state index contributed by atoms with van der Waals surface area (Å²) in [5.74, 6) is 1.85. The van der Waals surface area contributed by atoms with Crippen LogP contribution in [0.4, 0.5) is 0 Å². The minimum atomic E-state index is 0.588. The van der Waals surface area contributed by atoms with Crippen LogP contribution < -0.4 is 0 Å². The SMILES string of the molecule is c1ccc(-c2nc(-c3ccc4c(c3)oc3cccc(-c5cccc6c5oc5ccccc56)c34)nc(-c3cccc4sc5ccccc5c34)n2)cc1. The molecule has 0 aliphatic rings. The third-order valence-electron chi connectivity index (χ3n) is 9.76. The lowest BCUT2D eigenvalue weighted by molar-refractivity contribution is 0.669. The van der Waals surface area contributed by atoms with Gasteiger partial charge in [-0.3, -0.25) is 0 Å². The maximum atomic E-state index is 6.57. The maximum absolute atomic E-state index is 6.57. The second kappa shape index (κ2) is 10.9. The first-order chi connectivity index (χ1) is 25.3. The molecule has 238 valence electrons. The standard InChI is InChI=1S/C45H25N3O2S/c1-2-11-26(12-3-1)43-46-44(48-45(47-43)34-18-10-22-39-41(34)33-14-5-7-21-38(33)51-39)27-23-24-32-37(25-27)49-36-20-9-15-29(40(32)36)31-17-8-16-30-28-13-4-6-19-35(28)50-42(30)31/h1-25H. The summed E-state index contributed by atoms with van der Waals surface area (Å²) in [6.07, 6.45) is 0. The van der Waals surface area contributed by atoms with Gasteiger partial charge in [0.25, 0.3) is 0 Å². The molecule has 0 fully saturated rings. The molecule has 0 unspecified atom stereocenters. The lowest BCUT2D eigenvalue weighted by Gasteiger charge is -2.09.